The molecule has 0 radical (unpaired) electrons. The molecule has 0 aromatic heterocycles. The second-order valence-electron chi connectivity index (χ2n) is 5.56. The molecule has 1 aliphatic carbocycles. The van der Waals surface area contributed by atoms with Crippen LogP contribution in [-0.4, -0.2) is 25.5 Å². The van der Waals surface area contributed by atoms with Crippen LogP contribution >= 0.6 is 0 Å². The lowest BCUT2D eigenvalue weighted by Gasteiger charge is -2.33. The van der Waals surface area contributed by atoms with Crippen LogP contribution in [0.3, 0.4) is 0 Å². The van der Waals surface area contributed by atoms with Crippen molar-refractivity contribution in [2.75, 3.05) is 14.2 Å². The summed E-state index contributed by atoms with van der Waals surface area (Å²) in [6.45, 7) is 0. The van der Waals surface area contributed by atoms with Gasteiger partial charge >= 0.3 is 0 Å². The number of nitrogens with two attached hydrogens (primary N) is 1. The zero-order valence-electron chi connectivity index (χ0n) is 12.3. The average Bonchev–Trinajstić information content (AvgIpc) is 2.46. The van der Waals surface area contributed by atoms with Crippen LogP contribution < -0.4 is 15.2 Å². The number of ether oxygens (including phenoxy) is 2. The van der Waals surface area contributed by atoms with Gasteiger partial charge in [-0.1, -0.05) is 25.3 Å². The zero-order chi connectivity index (χ0) is 14.6. The fourth-order valence-corrected chi connectivity index (χ4v) is 2.97. The number of hydrogen-bond acceptors (Lipinski definition) is 4. The van der Waals surface area contributed by atoms with E-state index in [1.165, 1.54) is 6.42 Å². The molecule has 110 valence electrons. The molecule has 0 heterocycles. The van der Waals surface area contributed by atoms with E-state index in [0.29, 0.717) is 23.5 Å². The minimum atomic E-state index is -0.374. The zero-order valence-corrected chi connectivity index (χ0v) is 12.3. The van der Waals surface area contributed by atoms with Crippen molar-refractivity contribution >= 4 is 5.78 Å². The van der Waals surface area contributed by atoms with Gasteiger partial charge in [0.15, 0.2) is 5.78 Å². The topological polar surface area (TPSA) is 61.5 Å². The number of benzene rings is 1. The molecule has 0 amide bonds. The maximum Gasteiger partial charge on any atom is 0.172 e. The summed E-state index contributed by atoms with van der Waals surface area (Å²) < 4.78 is 10.6. The third-order valence-electron chi connectivity index (χ3n) is 4.07. The van der Waals surface area contributed by atoms with E-state index in [-0.39, 0.29) is 11.3 Å². The van der Waals surface area contributed by atoms with Crippen LogP contribution in [0.2, 0.25) is 0 Å². The predicted molar refractivity (Wildman–Crippen MR) is 78.5 cm³/mol. The number of methoxy groups -OCH3 is 2. The summed E-state index contributed by atoms with van der Waals surface area (Å²) in [4.78, 5) is 12.6. The Balaban J connectivity index is 2.24. The minimum Gasteiger partial charge on any atom is -0.496 e. The minimum absolute atomic E-state index is 0.00343. The highest BCUT2D eigenvalue weighted by atomic mass is 16.5. The Kier molecular flexibility index (Phi) is 4.65. The number of carbonyl (C=O) groups excluding carboxylic acids is 1. The van der Waals surface area contributed by atoms with Crippen LogP contribution in [-0.2, 0) is 0 Å². The van der Waals surface area contributed by atoms with Crippen molar-refractivity contribution in [3.63, 3.8) is 0 Å². The molecule has 0 aliphatic heterocycles. The summed E-state index contributed by atoms with van der Waals surface area (Å²) in [5.74, 6) is 1.10. The number of Topliss-reactive ketones (excluding diaryl/α,β-unsaturated/α-hetero) is 1. The number of rotatable bonds is 5. The Labute approximate surface area is 120 Å². The summed E-state index contributed by atoms with van der Waals surface area (Å²) in [6, 6.07) is 5.37. The molecule has 1 saturated carbocycles. The summed E-state index contributed by atoms with van der Waals surface area (Å²) in [5, 5.41) is 0. The van der Waals surface area contributed by atoms with E-state index in [4.69, 9.17) is 15.2 Å². The fourth-order valence-electron chi connectivity index (χ4n) is 2.97. The van der Waals surface area contributed by atoms with Crippen molar-refractivity contribution in [3.05, 3.63) is 23.8 Å². The molecule has 0 atom stereocenters. The smallest absolute Gasteiger partial charge is 0.172 e. The van der Waals surface area contributed by atoms with E-state index in [1.54, 1.807) is 26.4 Å². The first-order valence-corrected chi connectivity index (χ1v) is 7.13. The largest absolute Gasteiger partial charge is 0.496 e. The first-order chi connectivity index (χ1) is 9.59. The lowest BCUT2D eigenvalue weighted by atomic mass is 9.78. The standard InChI is InChI=1S/C16H23NO3/c1-19-13-7-6-8-14(20-2)15(13)12(18)11-16(17)9-4-3-5-10-16/h6-8H,3-5,9-11,17H2,1-2H3. The lowest BCUT2D eigenvalue weighted by Crippen LogP contribution is -2.43. The van der Waals surface area contributed by atoms with Crippen LogP contribution in [0.25, 0.3) is 0 Å². The molecule has 0 unspecified atom stereocenters. The van der Waals surface area contributed by atoms with E-state index in [9.17, 15) is 4.79 Å². The van der Waals surface area contributed by atoms with Crippen molar-refractivity contribution in [1.29, 1.82) is 0 Å². The van der Waals surface area contributed by atoms with Gasteiger partial charge in [0.25, 0.3) is 0 Å². The molecule has 1 aromatic rings. The van der Waals surface area contributed by atoms with Crippen molar-refractivity contribution < 1.29 is 14.3 Å². The quantitative estimate of drug-likeness (QED) is 0.841. The average molecular weight is 277 g/mol. The molecule has 4 nitrogen and oxygen atoms in total. The second-order valence-corrected chi connectivity index (χ2v) is 5.56. The predicted octanol–water partition coefficient (Wildman–Crippen LogP) is 2.94. The Bertz CT molecular complexity index is 456. The van der Waals surface area contributed by atoms with Gasteiger partial charge in [0.2, 0.25) is 0 Å². The van der Waals surface area contributed by atoms with Crippen molar-refractivity contribution in [2.45, 2.75) is 44.1 Å². The summed E-state index contributed by atoms with van der Waals surface area (Å²) in [7, 11) is 3.12. The first-order valence-electron chi connectivity index (χ1n) is 7.13. The van der Waals surface area contributed by atoms with Crippen LogP contribution in [0.5, 0.6) is 11.5 Å². The SMILES string of the molecule is COc1cccc(OC)c1C(=O)CC1(N)CCCCC1. The third-order valence-corrected chi connectivity index (χ3v) is 4.07. The summed E-state index contributed by atoms with van der Waals surface area (Å²) in [6.07, 6.45) is 5.60. The Morgan fingerprint density at radius 2 is 1.70 bits per heavy atom. The van der Waals surface area contributed by atoms with E-state index in [2.05, 4.69) is 0 Å². The highest BCUT2D eigenvalue weighted by molar-refractivity contribution is 6.02. The maximum absolute atomic E-state index is 12.6. The molecule has 0 spiro atoms. The van der Waals surface area contributed by atoms with Gasteiger partial charge in [-0.2, -0.15) is 0 Å². The molecular formula is C16H23NO3. The molecule has 0 bridgehead atoms. The Morgan fingerprint density at radius 3 is 2.20 bits per heavy atom. The van der Waals surface area contributed by atoms with Crippen LogP contribution in [0, 0.1) is 0 Å². The van der Waals surface area contributed by atoms with Gasteiger partial charge in [-0.25, -0.2) is 0 Å². The molecule has 1 fully saturated rings. The second kappa shape index (κ2) is 6.27. The van der Waals surface area contributed by atoms with Gasteiger partial charge in [0.05, 0.1) is 14.2 Å². The van der Waals surface area contributed by atoms with Crippen LogP contribution in [0.15, 0.2) is 18.2 Å². The normalized spacial score (nSPS) is 17.6. The monoisotopic (exact) mass is 277 g/mol. The van der Waals surface area contributed by atoms with Crippen LogP contribution in [0.1, 0.15) is 48.9 Å². The van der Waals surface area contributed by atoms with E-state index in [1.807, 2.05) is 6.07 Å². The molecule has 1 aromatic carbocycles. The third kappa shape index (κ3) is 3.12. The Hall–Kier alpha value is -1.55. The number of hydrogen-bond donors (Lipinski definition) is 1. The van der Waals surface area contributed by atoms with Gasteiger partial charge < -0.3 is 15.2 Å². The van der Waals surface area contributed by atoms with Gasteiger partial charge in [-0.3, -0.25) is 4.79 Å². The molecule has 2 rings (SSSR count). The lowest BCUT2D eigenvalue weighted by molar-refractivity contribution is 0.0928. The van der Waals surface area contributed by atoms with Crippen molar-refractivity contribution in [2.24, 2.45) is 5.73 Å². The highest BCUT2D eigenvalue weighted by Crippen LogP contribution is 2.34. The van der Waals surface area contributed by atoms with E-state index >= 15 is 0 Å². The van der Waals surface area contributed by atoms with Gasteiger partial charge in [-0.05, 0) is 25.0 Å². The molecule has 0 saturated heterocycles. The van der Waals surface area contributed by atoms with E-state index in [0.717, 1.165) is 25.7 Å². The van der Waals surface area contributed by atoms with Gasteiger partial charge in [0, 0.05) is 12.0 Å². The summed E-state index contributed by atoms with van der Waals surface area (Å²) >= 11 is 0. The molecule has 20 heavy (non-hydrogen) atoms. The summed E-state index contributed by atoms with van der Waals surface area (Å²) in [5.41, 5.74) is 6.51. The number of carbonyl (C=O) groups is 1. The van der Waals surface area contributed by atoms with E-state index < -0.39 is 0 Å². The van der Waals surface area contributed by atoms with Crippen LogP contribution in [0.4, 0.5) is 0 Å². The molecule has 1 aliphatic rings. The van der Waals surface area contributed by atoms with Crippen molar-refractivity contribution in [1.82, 2.24) is 0 Å². The number of ketones is 1. The molecule has 4 heteroatoms. The highest BCUT2D eigenvalue weighted by Gasteiger charge is 2.32. The van der Waals surface area contributed by atoms with Crippen molar-refractivity contribution in [3.8, 4) is 11.5 Å². The van der Waals surface area contributed by atoms with Gasteiger partial charge in [-0.15, -0.1) is 0 Å². The maximum atomic E-state index is 12.6. The molecule has 2 N–H and O–H groups in total. The fraction of sp³-hybridized carbons (Fsp3) is 0.562. The Morgan fingerprint density at radius 1 is 1.15 bits per heavy atom. The molecular weight excluding hydrogens is 254 g/mol. The van der Waals surface area contributed by atoms with Gasteiger partial charge in [0.1, 0.15) is 17.1 Å². The first kappa shape index (κ1) is 14.9.